The third-order valence-electron chi connectivity index (χ3n) is 9.83. The molecule has 5 rings (SSSR count). The van der Waals surface area contributed by atoms with Gasteiger partial charge in [0.2, 0.25) is 0 Å². The van der Waals surface area contributed by atoms with Gasteiger partial charge in [0.25, 0.3) is 0 Å². The van der Waals surface area contributed by atoms with E-state index in [2.05, 4.69) is 6.92 Å². The number of carbonyl (C=O) groups excluding carboxylic acids is 1. The van der Waals surface area contributed by atoms with Crippen LogP contribution in [-0.4, -0.2) is 17.0 Å². The van der Waals surface area contributed by atoms with Crippen LogP contribution in [0.3, 0.4) is 0 Å². The van der Waals surface area contributed by atoms with E-state index in [4.69, 9.17) is 0 Å². The zero-order chi connectivity index (χ0) is 16.5. The Balaban J connectivity index is 1.45. The van der Waals surface area contributed by atoms with Crippen molar-refractivity contribution in [3.63, 3.8) is 0 Å². The Bertz CT molecular complexity index is 542. The zero-order valence-corrected chi connectivity index (χ0v) is 15.3. The molecule has 0 aromatic rings. The summed E-state index contributed by atoms with van der Waals surface area (Å²) in [6, 6.07) is 0. The second-order valence-corrected chi connectivity index (χ2v) is 10.4. The van der Waals surface area contributed by atoms with Crippen molar-refractivity contribution in [3.8, 4) is 0 Å². The zero-order valence-electron chi connectivity index (χ0n) is 15.3. The third kappa shape index (κ3) is 2.01. The average molecular weight is 331 g/mol. The molecule has 1 unspecified atom stereocenters. The summed E-state index contributed by atoms with van der Waals surface area (Å²) in [5.74, 6) is 4.77. The number of hydrogen-bond donors (Lipinski definition) is 1. The van der Waals surface area contributed by atoms with Gasteiger partial charge in [0, 0.05) is 12.8 Å². The number of aliphatic hydroxyl groups is 1. The van der Waals surface area contributed by atoms with Crippen LogP contribution in [0.4, 0.5) is 0 Å². The summed E-state index contributed by atoms with van der Waals surface area (Å²) in [4.78, 5) is 12.3. The first kappa shape index (κ1) is 15.9. The molecule has 0 bridgehead atoms. The summed E-state index contributed by atoms with van der Waals surface area (Å²) >= 11 is 0. The van der Waals surface area contributed by atoms with Crippen molar-refractivity contribution in [2.24, 2.45) is 40.4 Å². The maximum atomic E-state index is 12.3. The molecule has 5 saturated carbocycles. The van der Waals surface area contributed by atoms with Crippen LogP contribution < -0.4 is 0 Å². The van der Waals surface area contributed by atoms with Crippen LogP contribution >= 0.6 is 0 Å². The summed E-state index contributed by atoms with van der Waals surface area (Å²) in [5, 5.41) is 10.2. The SMILES string of the molecule is C[C@]12CC[C@@H](O)C[C@H]1CC[C@H]1[C@@H]3CC[C@@H]4CCC(=O)CC43CC[C@@H]12. The van der Waals surface area contributed by atoms with Gasteiger partial charge in [-0.15, -0.1) is 0 Å². The number of fused-ring (bicyclic) bond motifs is 4. The summed E-state index contributed by atoms with van der Waals surface area (Å²) in [7, 11) is 0. The molecule has 0 radical (unpaired) electrons. The first-order chi connectivity index (χ1) is 11.5. The molecular weight excluding hydrogens is 296 g/mol. The highest BCUT2D eigenvalue weighted by Gasteiger charge is 2.62. The number of hydrogen-bond acceptors (Lipinski definition) is 2. The molecule has 1 N–H and O–H groups in total. The average Bonchev–Trinajstić information content (AvgIpc) is 2.94. The Morgan fingerprint density at radius 3 is 2.62 bits per heavy atom. The van der Waals surface area contributed by atoms with E-state index in [0.29, 0.717) is 16.6 Å². The van der Waals surface area contributed by atoms with Gasteiger partial charge in [0.05, 0.1) is 6.10 Å². The van der Waals surface area contributed by atoms with E-state index in [-0.39, 0.29) is 6.10 Å². The van der Waals surface area contributed by atoms with Crippen LogP contribution in [0.1, 0.15) is 84.0 Å². The monoisotopic (exact) mass is 330 g/mol. The van der Waals surface area contributed by atoms with Gasteiger partial charge >= 0.3 is 0 Å². The topological polar surface area (TPSA) is 37.3 Å². The minimum absolute atomic E-state index is 0.0404. The van der Waals surface area contributed by atoms with E-state index in [1.54, 1.807) is 0 Å². The van der Waals surface area contributed by atoms with Crippen molar-refractivity contribution in [2.45, 2.75) is 90.1 Å². The van der Waals surface area contributed by atoms with Crippen LogP contribution in [0.15, 0.2) is 0 Å². The lowest BCUT2D eigenvalue weighted by Gasteiger charge is -2.62. The Morgan fingerprint density at radius 1 is 0.917 bits per heavy atom. The van der Waals surface area contributed by atoms with Crippen molar-refractivity contribution in [2.75, 3.05) is 0 Å². The standard InChI is InChI=1S/C22H34O2/c1-21-10-8-16(23)12-15(21)3-6-18-19(21)9-11-22-13-17(24)5-2-14(22)4-7-20(18)22/h14-16,18-20,23H,2-13H2,1H3/t14-,15+,16+,18+,19-,20-,21-,22?/m0/s1. The predicted molar refractivity (Wildman–Crippen MR) is 94.4 cm³/mol. The molecular formula is C22H34O2. The minimum atomic E-state index is -0.0404. The van der Waals surface area contributed by atoms with Gasteiger partial charge in [-0.1, -0.05) is 6.92 Å². The van der Waals surface area contributed by atoms with E-state index < -0.39 is 0 Å². The van der Waals surface area contributed by atoms with E-state index in [1.807, 2.05) is 0 Å². The Morgan fingerprint density at radius 2 is 1.75 bits per heavy atom. The summed E-state index contributed by atoms with van der Waals surface area (Å²) in [5.41, 5.74) is 0.883. The molecule has 2 heteroatoms. The Kier molecular flexibility index (Phi) is 3.51. The molecule has 5 fully saturated rings. The summed E-state index contributed by atoms with van der Waals surface area (Å²) in [6.45, 7) is 2.57. The normalized spacial score (nSPS) is 56.8. The molecule has 0 amide bonds. The van der Waals surface area contributed by atoms with Gasteiger partial charge in [-0.2, -0.15) is 0 Å². The van der Waals surface area contributed by atoms with Crippen molar-refractivity contribution in [3.05, 3.63) is 0 Å². The second-order valence-electron chi connectivity index (χ2n) is 10.4. The van der Waals surface area contributed by atoms with Gasteiger partial charge in [0.15, 0.2) is 0 Å². The lowest BCUT2D eigenvalue weighted by molar-refractivity contribution is -0.147. The first-order valence-electron chi connectivity index (χ1n) is 10.7. The van der Waals surface area contributed by atoms with Gasteiger partial charge < -0.3 is 5.11 Å². The molecule has 0 saturated heterocycles. The molecule has 8 atom stereocenters. The lowest BCUT2D eigenvalue weighted by Crippen LogP contribution is -2.55. The summed E-state index contributed by atoms with van der Waals surface area (Å²) in [6.07, 6.45) is 14.5. The summed E-state index contributed by atoms with van der Waals surface area (Å²) < 4.78 is 0. The molecule has 5 aliphatic carbocycles. The number of aliphatic hydroxyl groups excluding tert-OH is 1. The fourth-order valence-corrected chi connectivity index (χ4v) is 8.74. The number of carbonyl (C=O) groups is 1. The van der Waals surface area contributed by atoms with Crippen LogP contribution in [0.2, 0.25) is 0 Å². The number of Topliss-reactive ketones (excluding diaryl/α,β-unsaturated/α-hetero) is 1. The van der Waals surface area contributed by atoms with Gasteiger partial charge in [-0.25, -0.2) is 0 Å². The van der Waals surface area contributed by atoms with E-state index in [0.717, 1.165) is 55.3 Å². The molecule has 0 aromatic carbocycles. The van der Waals surface area contributed by atoms with Gasteiger partial charge in [-0.3, -0.25) is 4.79 Å². The molecule has 134 valence electrons. The Hall–Kier alpha value is -0.370. The fourth-order valence-electron chi connectivity index (χ4n) is 8.74. The highest BCUT2D eigenvalue weighted by Crippen LogP contribution is 2.69. The van der Waals surface area contributed by atoms with E-state index in [9.17, 15) is 9.90 Å². The van der Waals surface area contributed by atoms with Crippen molar-refractivity contribution in [1.82, 2.24) is 0 Å². The highest BCUT2D eigenvalue weighted by atomic mass is 16.3. The van der Waals surface area contributed by atoms with Crippen LogP contribution in [0.25, 0.3) is 0 Å². The number of rotatable bonds is 0. The Labute approximate surface area is 146 Å². The maximum absolute atomic E-state index is 12.3. The van der Waals surface area contributed by atoms with Crippen LogP contribution in [0, 0.1) is 40.4 Å². The largest absolute Gasteiger partial charge is 0.393 e. The molecule has 24 heavy (non-hydrogen) atoms. The van der Waals surface area contributed by atoms with Gasteiger partial charge in [0.1, 0.15) is 5.78 Å². The smallest absolute Gasteiger partial charge is 0.133 e. The van der Waals surface area contributed by atoms with Crippen LogP contribution in [-0.2, 0) is 4.79 Å². The van der Waals surface area contributed by atoms with Crippen molar-refractivity contribution < 1.29 is 9.90 Å². The molecule has 0 aromatic heterocycles. The lowest BCUT2D eigenvalue weighted by atomic mass is 9.43. The molecule has 2 nitrogen and oxygen atoms in total. The number of ketones is 1. The molecule has 5 aliphatic rings. The molecule has 0 heterocycles. The van der Waals surface area contributed by atoms with E-state index in [1.165, 1.54) is 51.4 Å². The van der Waals surface area contributed by atoms with E-state index >= 15 is 0 Å². The maximum Gasteiger partial charge on any atom is 0.133 e. The fraction of sp³-hybridized carbons (Fsp3) is 0.955. The quantitative estimate of drug-likeness (QED) is 0.696. The second kappa shape index (κ2) is 5.32. The third-order valence-corrected chi connectivity index (χ3v) is 9.83. The molecule has 0 aliphatic heterocycles. The van der Waals surface area contributed by atoms with Crippen LogP contribution in [0.5, 0.6) is 0 Å². The van der Waals surface area contributed by atoms with Crippen molar-refractivity contribution >= 4 is 5.78 Å². The first-order valence-corrected chi connectivity index (χ1v) is 10.7. The predicted octanol–water partition coefficient (Wildman–Crippen LogP) is 4.74. The highest BCUT2D eigenvalue weighted by molar-refractivity contribution is 5.80. The molecule has 1 spiro atoms. The van der Waals surface area contributed by atoms with Crippen molar-refractivity contribution in [1.29, 1.82) is 0 Å². The van der Waals surface area contributed by atoms with Gasteiger partial charge in [-0.05, 0) is 105 Å². The minimum Gasteiger partial charge on any atom is -0.393 e.